The van der Waals surface area contributed by atoms with Crippen molar-refractivity contribution in [1.82, 2.24) is 0 Å². The van der Waals surface area contributed by atoms with Crippen molar-refractivity contribution in [1.29, 1.82) is 0 Å². The summed E-state index contributed by atoms with van der Waals surface area (Å²) in [5, 5.41) is 0. The topological polar surface area (TPSA) is 26.3 Å². The van der Waals surface area contributed by atoms with Crippen LogP contribution >= 0.6 is 0 Å². The number of carbonyl (C=O) groups is 1. The molecule has 0 aliphatic heterocycles. The first-order valence-corrected chi connectivity index (χ1v) is 11.0. The molecule has 0 aliphatic carbocycles. The third-order valence-electron chi connectivity index (χ3n) is 4.41. The number of esters is 1. The summed E-state index contributed by atoms with van der Waals surface area (Å²) in [5.41, 5.74) is -0.363. The number of carbonyl (C=O) groups excluding carboxylic acids is 1. The number of rotatable bonds is 16. The lowest BCUT2D eigenvalue weighted by Crippen LogP contribution is -2.26. The number of hydrogen-bond donors (Lipinski definition) is 0. The Morgan fingerprint density at radius 1 is 0.714 bits per heavy atom. The molecule has 0 saturated heterocycles. The monoisotopic (exact) mass is 386 g/mol. The van der Waals surface area contributed by atoms with Crippen molar-refractivity contribution in [3.63, 3.8) is 0 Å². The number of unbranched alkanes of at least 4 members (excludes halogenated alkanes) is 2. The van der Waals surface area contributed by atoms with Gasteiger partial charge in [-0.1, -0.05) is 74.1 Å². The fraction of sp³-hybridized carbons (Fsp3) is 0.577. The van der Waals surface area contributed by atoms with Gasteiger partial charge in [-0.2, -0.15) is 0 Å². The second kappa shape index (κ2) is 18.5. The normalized spacial score (nSPS) is 13.1. The zero-order valence-electron chi connectivity index (χ0n) is 18.7. The van der Waals surface area contributed by atoms with Gasteiger partial charge in [0.15, 0.2) is 0 Å². The van der Waals surface area contributed by atoms with Gasteiger partial charge in [-0.05, 0) is 72.1 Å². The van der Waals surface area contributed by atoms with E-state index in [0.29, 0.717) is 6.61 Å². The first-order valence-electron chi connectivity index (χ1n) is 11.0. The summed E-state index contributed by atoms with van der Waals surface area (Å²) in [5.74, 6) is -0.0788. The molecule has 0 unspecified atom stereocenters. The van der Waals surface area contributed by atoms with Gasteiger partial charge in [0.1, 0.15) is 0 Å². The summed E-state index contributed by atoms with van der Waals surface area (Å²) in [7, 11) is 0. The lowest BCUT2D eigenvalue weighted by atomic mass is 9.87. The SMILES string of the molecule is CCC=CCC=CCC=CCC=CCC=CCCCCC(C)(C)C(=O)OCC. The summed E-state index contributed by atoms with van der Waals surface area (Å²) >= 11 is 0. The number of ether oxygens (including phenoxy) is 1. The quantitative estimate of drug-likeness (QED) is 0.153. The highest BCUT2D eigenvalue weighted by molar-refractivity contribution is 5.75. The number of allylic oxidation sites excluding steroid dienone is 10. The summed E-state index contributed by atoms with van der Waals surface area (Å²) in [6.45, 7) is 8.42. The zero-order valence-corrected chi connectivity index (χ0v) is 18.7. The Kier molecular flexibility index (Phi) is 17.3. The van der Waals surface area contributed by atoms with Crippen molar-refractivity contribution in [2.75, 3.05) is 6.61 Å². The van der Waals surface area contributed by atoms with Gasteiger partial charge in [-0.15, -0.1) is 0 Å². The van der Waals surface area contributed by atoms with E-state index in [0.717, 1.165) is 57.8 Å². The average molecular weight is 387 g/mol. The molecule has 0 aromatic carbocycles. The molecule has 0 N–H and O–H groups in total. The van der Waals surface area contributed by atoms with E-state index in [1.165, 1.54) is 0 Å². The molecule has 0 aromatic heterocycles. The van der Waals surface area contributed by atoms with Gasteiger partial charge in [-0.25, -0.2) is 0 Å². The molecule has 0 saturated carbocycles. The Morgan fingerprint density at radius 2 is 1.18 bits per heavy atom. The van der Waals surface area contributed by atoms with Crippen LogP contribution in [-0.2, 0) is 9.53 Å². The lowest BCUT2D eigenvalue weighted by Gasteiger charge is -2.21. The fourth-order valence-electron chi connectivity index (χ4n) is 2.63. The van der Waals surface area contributed by atoms with Gasteiger partial charge in [0.2, 0.25) is 0 Å². The second-order valence-corrected chi connectivity index (χ2v) is 7.56. The van der Waals surface area contributed by atoms with Crippen LogP contribution in [0.1, 0.15) is 85.5 Å². The van der Waals surface area contributed by atoms with Crippen LogP contribution in [0.5, 0.6) is 0 Å². The van der Waals surface area contributed by atoms with Gasteiger partial charge in [0.05, 0.1) is 12.0 Å². The zero-order chi connectivity index (χ0) is 20.9. The van der Waals surface area contributed by atoms with Crippen LogP contribution in [0.2, 0.25) is 0 Å². The van der Waals surface area contributed by atoms with Crippen LogP contribution in [0.4, 0.5) is 0 Å². The summed E-state index contributed by atoms with van der Waals surface area (Å²) < 4.78 is 5.12. The average Bonchev–Trinajstić information content (AvgIpc) is 2.67. The van der Waals surface area contributed by atoms with E-state index in [4.69, 9.17) is 4.74 Å². The lowest BCUT2D eigenvalue weighted by molar-refractivity contribution is -0.153. The minimum atomic E-state index is -0.363. The van der Waals surface area contributed by atoms with Crippen molar-refractivity contribution >= 4 is 5.97 Å². The Hall–Kier alpha value is -1.83. The van der Waals surface area contributed by atoms with Crippen LogP contribution in [0.25, 0.3) is 0 Å². The molecule has 0 aromatic rings. The van der Waals surface area contributed by atoms with Gasteiger partial charge in [0, 0.05) is 0 Å². The summed E-state index contributed by atoms with van der Waals surface area (Å²) in [6.07, 6.45) is 31.5. The highest BCUT2D eigenvalue weighted by Crippen LogP contribution is 2.25. The maximum Gasteiger partial charge on any atom is 0.311 e. The standard InChI is InChI=1S/C26H42O2/c1-5-7-8-9-10-11-12-13-14-15-16-17-18-19-20-21-22-23-24-26(3,4)25(27)28-6-2/h7-8,10-11,13-14,16-17,19-20H,5-6,9,12,15,18,21-24H2,1-4H3. The largest absolute Gasteiger partial charge is 0.466 e. The van der Waals surface area contributed by atoms with E-state index in [9.17, 15) is 4.79 Å². The van der Waals surface area contributed by atoms with Gasteiger partial charge < -0.3 is 4.74 Å². The predicted molar refractivity (Wildman–Crippen MR) is 123 cm³/mol. The van der Waals surface area contributed by atoms with Crippen LogP contribution in [-0.4, -0.2) is 12.6 Å². The van der Waals surface area contributed by atoms with E-state index in [-0.39, 0.29) is 11.4 Å². The van der Waals surface area contributed by atoms with Crippen LogP contribution in [0, 0.1) is 5.41 Å². The Morgan fingerprint density at radius 3 is 1.64 bits per heavy atom. The summed E-state index contributed by atoms with van der Waals surface area (Å²) in [6, 6.07) is 0. The van der Waals surface area contributed by atoms with Crippen molar-refractivity contribution in [2.24, 2.45) is 5.41 Å². The second-order valence-electron chi connectivity index (χ2n) is 7.56. The number of hydrogen-bond acceptors (Lipinski definition) is 2. The van der Waals surface area contributed by atoms with Crippen molar-refractivity contribution in [3.8, 4) is 0 Å². The molecule has 0 radical (unpaired) electrons. The van der Waals surface area contributed by atoms with Gasteiger partial charge >= 0.3 is 5.97 Å². The first-order chi connectivity index (χ1) is 13.5. The van der Waals surface area contributed by atoms with Crippen LogP contribution in [0.15, 0.2) is 60.8 Å². The molecule has 0 spiro atoms. The predicted octanol–water partition coefficient (Wildman–Crippen LogP) is 7.89. The maximum absolute atomic E-state index is 11.8. The minimum Gasteiger partial charge on any atom is -0.466 e. The van der Waals surface area contributed by atoms with Crippen molar-refractivity contribution in [2.45, 2.75) is 85.5 Å². The van der Waals surface area contributed by atoms with E-state index < -0.39 is 0 Å². The van der Waals surface area contributed by atoms with Crippen LogP contribution < -0.4 is 0 Å². The van der Waals surface area contributed by atoms with E-state index in [1.807, 2.05) is 20.8 Å². The molecule has 158 valence electrons. The Balaban J connectivity index is 3.65. The smallest absolute Gasteiger partial charge is 0.311 e. The highest BCUT2D eigenvalue weighted by Gasteiger charge is 2.28. The molecular weight excluding hydrogens is 344 g/mol. The van der Waals surface area contributed by atoms with Gasteiger partial charge in [0.25, 0.3) is 0 Å². The Bertz CT molecular complexity index is 519. The highest BCUT2D eigenvalue weighted by atomic mass is 16.5. The van der Waals surface area contributed by atoms with E-state index >= 15 is 0 Å². The molecule has 2 heteroatoms. The molecular formula is C26H42O2. The molecule has 28 heavy (non-hydrogen) atoms. The third kappa shape index (κ3) is 16.4. The third-order valence-corrected chi connectivity index (χ3v) is 4.41. The fourth-order valence-corrected chi connectivity index (χ4v) is 2.63. The molecule has 0 aliphatic rings. The molecule has 0 fully saturated rings. The van der Waals surface area contributed by atoms with Crippen molar-refractivity contribution in [3.05, 3.63) is 60.8 Å². The molecule has 0 amide bonds. The summed E-state index contributed by atoms with van der Waals surface area (Å²) in [4.78, 5) is 11.8. The molecule has 0 atom stereocenters. The molecule has 2 nitrogen and oxygen atoms in total. The Labute approximate surface area is 174 Å². The van der Waals surface area contributed by atoms with E-state index in [1.54, 1.807) is 0 Å². The molecule has 0 bridgehead atoms. The minimum absolute atomic E-state index is 0.0788. The maximum atomic E-state index is 11.8. The van der Waals surface area contributed by atoms with Gasteiger partial charge in [-0.3, -0.25) is 4.79 Å². The molecule has 0 heterocycles. The van der Waals surface area contributed by atoms with Crippen molar-refractivity contribution < 1.29 is 9.53 Å². The van der Waals surface area contributed by atoms with E-state index in [2.05, 4.69) is 67.7 Å². The first kappa shape index (κ1) is 26.2. The molecule has 0 rings (SSSR count). The van der Waals surface area contributed by atoms with Crippen LogP contribution in [0.3, 0.4) is 0 Å².